The van der Waals surface area contributed by atoms with Gasteiger partial charge in [0.1, 0.15) is 6.54 Å². The van der Waals surface area contributed by atoms with E-state index in [9.17, 15) is 9.59 Å². The van der Waals surface area contributed by atoms with Crippen LogP contribution in [-0.4, -0.2) is 61.9 Å². The van der Waals surface area contributed by atoms with Crippen molar-refractivity contribution in [3.63, 3.8) is 0 Å². The molecule has 1 aliphatic heterocycles. The van der Waals surface area contributed by atoms with Gasteiger partial charge in [0.25, 0.3) is 0 Å². The van der Waals surface area contributed by atoms with E-state index in [0.717, 1.165) is 38.2 Å². The van der Waals surface area contributed by atoms with Gasteiger partial charge in [0.05, 0.1) is 0 Å². The first-order valence-corrected chi connectivity index (χ1v) is 10.3. The Hall–Kier alpha value is -1.84. The number of anilines is 1. The Balaban J connectivity index is 0.00000420. The van der Waals surface area contributed by atoms with Gasteiger partial charge in [-0.1, -0.05) is 18.2 Å². The average molecular weight is 515 g/mol. The molecule has 0 atom stereocenters. The maximum absolute atomic E-state index is 12.7. The minimum atomic E-state index is -0.0106. The number of amides is 2. The molecular weight excluding hydrogens is 481 g/mol. The van der Waals surface area contributed by atoms with Gasteiger partial charge in [-0.3, -0.25) is 9.59 Å². The van der Waals surface area contributed by atoms with E-state index < -0.39 is 0 Å². The van der Waals surface area contributed by atoms with Crippen LogP contribution < -0.4 is 15.5 Å². The van der Waals surface area contributed by atoms with Gasteiger partial charge in [0, 0.05) is 44.8 Å². The number of hydrogen-bond acceptors (Lipinski definition) is 3. The monoisotopic (exact) mass is 515 g/mol. The van der Waals surface area contributed by atoms with Crippen LogP contribution in [0.2, 0.25) is 0 Å². The maximum atomic E-state index is 12.7. The van der Waals surface area contributed by atoms with Crippen LogP contribution in [0.3, 0.4) is 0 Å². The third-order valence-electron chi connectivity index (χ3n) is 4.88. The molecule has 2 N–H and O–H groups in total. The number of aliphatic imine (C=N–C) groups is 1. The van der Waals surface area contributed by atoms with Crippen molar-refractivity contribution >= 4 is 47.4 Å². The Kier molecular flexibility index (Phi) is 11.6. The number of benzene rings is 1. The minimum Gasteiger partial charge on any atom is -0.357 e. The zero-order valence-corrected chi connectivity index (χ0v) is 20.1. The van der Waals surface area contributed by atoms with Gasteiger partial charge in [-0.15, -0.1) is 24.0 Å². The lowest BCUT2D eigenvalue weighted by Crippen LogP contribution is -2.42. The van der Waals surface area contributed by atoms with Crippen LogP contribution in [0.15, 0.2) is 29.3 Å². The number of halogens is 1. The lowest BCUT2D eigenvalue weighted by molar-refractivity contribution is -0.130. The molecule has 2 amide bonds. The normalized spacial score (nSPS) is 13.2. The van der Waals surface area contributed by atoms with Crippen LogP contribution in [0.4, 0.5) is 5.69 Å². The highest BCUT2D eigenvalue weighted by molar-refractivity contribution is 14.0. The molecule has 0 saturated carbocycles. The number of guanidine groups is 1. The molecule has 29 heavy (non-hydrogen) atoms. The topological polar surface area (TPSA) is 77.0 Å². The zero-order valence-electron chi connectivity index (χ0n) is 17.7. The Morgan fingerprint density at radius 2 is 1.86 bits per heavy atom. The maximum Gasteiger partial charge on any atom is 0.248 e. The summed E-state index contributed by atoms with van der Waals surface area (Å²) >= 11 is 0. The largest absolute Gasteiger partial charge is 0.357 e. The highest BCUT2D eigenvalue weighted by atomic mass is 127. The Morgan fingerprint density at radius 1 is 1.14 bits per heavy atom. The highest BCUT2D eigenvalue weighted by Gasteiger charge is 2.21. The number of nitrogens with zero attached hydrogens (tertiary/aromatic N) is 3. The van der Waals surface area contributed by atoms with Crippen molar-refractivity contribution in [1.82, 2.24) is 15.5 Å². The molecule has 0 unspecified atom stereocenters. The molecule has 1 aromatic carbocycles. The van der Waals surface area contributed by atoms with E-state index >= 15 is 0 Å². The van der Waals surface area contributed by atoms with Crippen LogP contribution in [-0.2, 0) is 16.0 Å². The number of fused-ring (bicyclic) bond motifs is 1. The van der Waals surface area contributed by atoms with Gasteiger partial charge in [0.15, 0.2) is 5.96 Å². The van der Waals surface area contributed by atoms with Crippen LogP contribution in [0.1, 0.15) is 39.2 Å². The van der Waals surface area contributed by atoms with E-state index in [1.165, 1.54) is 5.56 Å². The Morgan fingerprint density at radius 3 is 2.55 bits per heavy atom. The smallest absolute Gasteiger partial charge is 0.248 e. The third-order valence-corrected chi connectivity index (χ3v) is 4.88. The van der Waals surface area contributed by atoms with Crippen molar-refractivity contribution in [2.75, 3.05) is 44.2 Å². The fourth-order valence-electron chi connectivity index (χ4n) is 3.39. The van der Waals surface area contributed by atoms with E-state index in [0.29, 0.717) is 25.5 Å². The Bertz CT molecular complexity index is 691. The van der Waals surface area contributed by atoms with Gasteiger partial charge < -0.3 is 20.4 Å². The highest BCUT2D eigenvalue weighted by Crippen LogP contribution is 2.26. The predicted octanol–water partition coefficient (Wildman–Crippen LogP) is 2.40. The number of nitrogens with one attached hydrogen (secondary N) is 2. The summed E-state index contributed by atoms with van der Waals surface area (Å²) in [6.07, 6.45) is 2.38. The molecule has 162 valence electrons. The molecule has 1 aromatic rings. The van der Waals surface area contributed by atoms with Gasteiger partial charge in [-0.05, 0) is 45.2 Å². The zero-order chi connectivity index (χ0) is 20.4. The lowest BCUT2D eigenvalue weighted by Gasteiger charge is -2.29. The first kappa shape index (κ1) is 25.2. The molecule has 0 radical (unpaired) electrons. The Labute approximate surface area is 191 Å². The fourth-order valence-corrected chi connectivity index (χ4v) is 3.39. The van der Waals surface area contributed by atoms with Crippen molar-refractivity contribution in [2.24, 2.45) is 4.99 Å². The first-order valence-electron chi connectivity index (χ1n) is 10.3. The van der Waals surface area contributed by atoms with Crippen molar-refractivity contribution in [3.8, 4) is 0 Å². The lowest BCUT2D eigenvalue weighted by atomic mass is 10.0. The number of aryl methyl sites for hydroxylation is 1. The molecule has 0 saturated heterocycles. The number of para-hydroxylation sites is 1. The molecule has 8 heteroatoms. The van der Waals surface area contributed by atoms with Crippen LogP contribution in [0.5, 0.6) is 0 Å². The summed E-state index contributed by atoms with van der Waals surface area (Å²) in [5, 5.41) is 6.29. The van der Waals surface area contributed by atoms with Gasteiger partial charge in [-0.25, -0.2) is 4.99 Å². The van der Waals surface area contributed by atoms with Crippen molar-refractivity contribution in [1.29, 1.82) is 0 Å². The van der Waals surface area contributed by atoms with E-state index in [1.54, 1.807) is 0 Å². The summed E-state index contributed by atoms with van der Waals surface area (Å²) in [5.74, 6) is 0.673. The molecule has 2 rings (SSSR count). The van der Waals surface area contributed by atoms with E-state index in [1.807, 2.05) is 48.8 Å². The predicted molar refractivity (Wildman–Crippen MR) is 129 cm³/mol. The minimum absolute atomic E-state index is 0. The summed E-state index contributed by atoms with van der Waals surface area (Å²) in [4.78, 5) is 32.9. The SMILES string of the molecule is CCNC(=NCC(=O)N1CCCc2ccccc21)NCCC(=O)N(CC)CC.I. The van der Waals surface area contributed by atoms with Crippen molar-refractivity contribution < 1.29 is 9.59 Å². The van der Waals surface area contributed by atoms with Gasteiger partial charge in [-0.2, -0.15) is 0 Å². The molecule has 7 nitrogen and oxygen atoms in total. The van der Waals surface area contributed by atoms with Crippen molar-refractivity contribution in [2.45, 2.75) is 40.0 Å². The number of carbonyl (C=O) groups is 2. The van der Waals surface area contributed by atoms with Crippen LogP contribution in [0, 0.1) is 0 Å². The van der Waals surface area contributed by atoms with Crippen molar-refractivity contribution in [3.05, 3.63) is 29.8 Å². The third kappa shape index (κ3) is 7.49. The molecule has 0 bridgehead atoms. The summed E-state index contributed by atoms with van der Waals surface area (Å²) in [7, 11) is 0. The van der Waals surface area contributed by atoms with Crippen LogP contribution >= 0.6 is 24.0 Å². The number of rotatable bonds is 8. The first-order chi connectivity index (χ1) is 13.6. The van der Waals surface area contributed by atoms with Crippen LogP contribution in [0.25, 0.3) is 0 Å². The molecule has 0 aliphatic carbocycles. The van der Waals surface area contributed by atoms with E-state index in [-0.39, 0.29) is 42.3 Å². The second-order valence-electron chi connectivity index (χ2n) is 6.72. The number of hydrogen-bond donors (Lipinski definition) is 2. The summed E-state index contributed by atoms with van der Waals surface area (Å²) < 4.78 is 0. The molecule has 1 aliphatic rings. The summed E-state index contributed by atoms with van der Waals surface area (Å²) in [5.41, 5.74) is 2.21. The molecule has 0 spiro atoms. The second kappa shape index (κ2) is 13.4. The molecular formula is C21H34IN5O2. The standard InChI is InChI=1S/C21H33N5O2.HI/c1-4-22-21(23-14-13-19(27)25(5-2)6-3)24-16-20(28)26-15-9-11-17-10-7-8-12-18(17)26;/h7-8,10,12H,4-6,9,11,13-16H2,1-3H3,(H2,22,23,24);1H. The molecule has 0 fully saturated rings. The second-order valence-corrected chi connectivity index (χ2v) is 6.72. The van der Waals surface area contributed by atoms with E-state index in [4.69, 9.17) is 0 Å². The van der Waals surface area contributed by atoms with E-state index in [2.05, 4.69) is 21.7 Å². The van der Waals surface area contributed by atoms with Gasteiger partial charge >= 0.3 is 0 Å². The number of carbonyl (C=O) groups excluding carboxylic acids is 2. The average Bonchev–Trinajstić information content (AvgIpc) is 2.72. The quantitative estimate of drug-likeness (QED) is 0.317. The summed E-state index contributed by atoms with van der Waals surface area (Å²) in [6, 6.07) is 8.05. The van der Waals surface area contributed by atoms with Gasteiger partial charge in [0.2, 0.25) is 11.8 Å². The molecule has 1 heterocycles. The molecule has 0 aromatic heterocycles. The summed E-state index contributed by atoms with van der Waals surface area (Å²) in [6.45, 7) is 9.35. The fraction of sp³-hybridized carbons (Fsp3) is 0.571.